The minimum absolute atomic E-state index is 0.0466. The maximum absolute atomic E-state index is 11.1. The van der Waals surface area contributed by atoms with Crippen LogP contribution in [0.2, 0.25) is 0 Å². The number of aromatic nitrogens is 3. The van der Waals surface area contributed by atoms with Crippen LogP contribution in [0.3, 0.4) is 0 Å². The molecule has 2 aliphatic rings. The average molecular weight is 543 g/mol. The molecule has 0 unspecified atom stereocenters. The number of hydrogen-bond acceptors (Lipinski definition) is 12. The van der Waals surface area contributed by atoms with E-state index in [0.29, 0.717) is 49.4 Å². The van der Waals surface area contributed by atoms with E-state index in [2.05, 4.69) is 46.7 Å². The van der Waals surface area contributed by atoms with Gasteiger partial charge in [0.2, 0.25) is 24.6 Å². The predicted octanol–water partition coefficient (Wildman–Crippen LogP) is 3.30. The van der Waals surface area contributed by atoms with E-state index in [0.717, 1.165) is 10.0 Å². The van der Waals surface area contributed by atoms with Gasteiger partial charge in [-0.25, -0.2) is 5.43 Å². The summed E-state index contributed by atoms with van der Waals surface area (Å²) in [5.41, 5.74) is 4.02. The van der Waals surface area contributed by atoms with Crippen molar-refractivity contribution in [2.24, 2.45) is 5.10 Å². The largest absolute Gasteiger partial charge is 0.454 e. The third kappa shape index (κ3) is 5.38. The highest BCUT2D eigenvalue weighted by molar-refractivity contribution is 9.10. The predicted molar refractivity (Wildman–Crippen MR) is 131 cm³/mol. The number of hydrogen-bond donors (Lipinski definition) is 2. The van der Waals surface area contributed by atoms with Crippen molar-refractivity contribution < 1.29 is 19.1 Å². The molecule has 35 heavy (non-hydrogen) atoms. The molecule has 0 amide bonds. The molecule has 3 heterocycles. The average Bonchev–Trinajstić information content (AvgIpc) is 3.32. The van der Waals surface area contributed by atoms with Crippen molar-refractivity contribution >= 4 is 51.4 Å². The van der Waals surface area contributed by atoms with Gasteiger partial charge in [-0.2, -0.15) is 20.1 Å². The number of anilines is 4. The molecule has 1 saturated heterocycles. The Balaban J connectivity index is 1.39. The Hall–Kier alpha value is -4.04. The van der Waals surface area contributed by atoms with Crippen LogP contribution in [-0.2, 0) is 4.74 Å². The molecular weight excluding hydrogens is 524 g/mol. The van der Waals surface area contributed by atoms with E-state index in [1.54, 1.807) is 24.4 Å². The molecule has 3 aromatic rings. The first-order chi connectivity index (χ1) is 17.0. The molecule has 2 aliphatic heterocycles. The summed E-state index contributed by atoms with van der Waals surface area (Å²) in [7, 11) is 0. The van der Waals surface area contributed by atoms with Gasteiger partial charge in [0.05, 0.1) is 24.4 Å². The maximum atomic E-state index is 11.1. The smallest absolute Gasteiger partial charge is 0.271 e. The van der Waals surface area contributed by atoms with Gasteiger partial charge in [0.25, 0.3) is 5.69 Å². The second kappa shape index (κ2) is 10.1. The van der Waals surface area contributed by atoms with Gasteiger partial charge >= 0.3 is 0 Å². The Bertz CT molecular complexity index is 1280. The molecule has 0 radical (unpaired) electrons. The zero-order valence-electron chi connectivity index (χ0n) is 18.2. The van der Waals surface area contributed by atoms with Crippen LogP contribution in [0.25, 0.3) is 0 Å². The Morgan fingerprint density at radius 2 is 1.86 bits per heavy atom. The van der Waals surface area contributed by atoms with Crippen molar-refractivity contribution in [1.29, 1.82) is 0 Å². The summed E-state index contributed by atoms with van der Waals surface area (Å²) in [5, 5.41) is 18.4. The SMILES string of the molecule is O=[N+]([O-])c1cccc(Nc2nc(N/N=C\c3cc4c(cc3Br)OCO4)nc(N3CCOCC3)n2)c1. The number of non-ortho nitro benzene ring substituents is 1. The van der Waals surface area contributed by atoms with E-state index in [4.69, 9.17) is 14.2 Å². The van der Waals surface area contributed by atoms with Crippen LogP contribution >= 0.6 is 15.9 Å². The molecule has 0 bridgehead atoms. The summed E-state index contributed by atoms with van der Waals surface area (Å²) in [6.45, 7) is 2.52. The molecule has 0 atom stereocenters. The first-order valence-electron chi connectivity index (χ1n) is 10.5. The van der Waals surface area contributed by atoms with Gasteiger partial charge in [0, 0.05) is 40.9 Å². The lowest BCUT2D eigenvalue weighted by molar-refractivity contribution is -0.384. The van der Waals surface area contributed by atoms with Crippen LogP contribution < -0.4 is 25.1 Å². The third-order valence-corrected chi connectivity index (χ3v) is 5.78. The molecule has 1 fully saturated rings. The van der Waals surface area contributed by atoms with Crippen molar-refractivity contribution in [2.45, 2.75) is 0 Å². The number of benzene rings is 2. The zero-order valence-corrected chi connectivity index (χ0v) is 19.8. The number of morpholine rings is 1. The number of rotatable bonds is 7. The highest BCUT2D eigenvalue weighted by atomic mass is 79.9. The van der Waals surface area contributed by atoms with E-state index in [1.807, 2.05) is 11.0 Å². The molecule has 14 heteroatoms. The fourth-order valence-corrected chi connectivity index (χ4v) is 3.82. The van der Waals surface area contributed by atoms with E-state index < -0.39 is 4.92 Å². The van der Waals surface area contributed by atoms with E-state index >= 15 is 0 Å². The van der Waals surface area contributed by atoms with Gasteiger partial charge in [0.15, 0.2) is 11.5 Å². The van der Waals surface area contributed by atoms with Gasteiger partial charge in [-0.3, -0.25) is 10.1 Å². The first kappa shape index (κ1) is 22.7. The van der Waals surface area contributed by atoms with E-state index in [1.165, 1.54) is 12.1 Å². The second-order valence-electron chi connectivity index (χ2n) is 7.41. The highest BCUT2D eigenvalue weighted by Gasteiger charge is 2.18. The van der Waals surface area contributed by atoms with Crippen molar-refractivity contribution in [3.05, 3.63) is 56.5 Å². The van der Waals surface area contributed by atoms with Gasteiger partial charge in [-0.15, -0.1) is 0 Å². The number of nitro groups is 1. The molecule has 180 valence electrons. The molecule has 1 aromatic heterocycles. The Kier molecular flexibility index (Phi) is 6.54. The lowest BCUT2D eigenvalue weighted by Crippen LogP contribution is -2.37. The van der Waals surface area contributed by atoms with Gasteiger partial charge in [-0.05, 0) is 34.1 Å². The molecule has 0 aliphatic carbocycles. The minimum atomic E-state index is -0.465. The summed E-state index contributed by atoms with van der Waals surface area (Å²) < 4.78 is 17.0. The Labute approximate surface area is 207 Å². The highest BCUT2D eigenvalue weighted by Crippen LogP contribution is 2.36. The molecule has 0 saturated carbocycles. The number of ether oxygens (including phenoxy) is 3. The van der Waals surface area contributed by atoms with Gasteiger partial charge < -0.3 is 24.4 Å². The summed E-state index contributed by atoms with van der Waals surface area (Å²) >= 11 is 3.49. The van der Waals surface area contributed by atoms with Crippen LogP contribution in [0.15, 0.2) is 46.0 Å². The number of nitro benzene ring substituents is 1. The lowest BCUT2D eigenvalue weighted by Gasteiger charge is -2.27. The molecule has 13 nitrogen and oxygen atoms in total. The summed E-state index contributed by atoms with van der Waals surface area (Å²) in [5.74, 6) is 2.13. The standard InChI is InChI=1S/C21H19BrN8O5/c22-16-10-18-17(34-12-35-18)8-13(16)11-23-28-20-25-19(24-14-2-1-3-15(9-14)30(31)32)26-21(27-20)29-4-6-33-7-5-29/h1-3,8-11H,4-7,12H2,(H2,24,25,26,27,28)/b23-11-. The van der Waals surface area contributed by atoms with Crippen molar-refractivity contribution in [1.82, 2.24) is 15.0 Å². The van der Waals surface area contributed by atoms with Gasteiger partial charge in [-0.1, -0.05) is 6.07 Å². The Morgan fingerprint density at radius 3 is 2.66 bits per heavy atom. The molecule has 2 N–H and O–H groups in total. The monoisotopic (exact) mass is 542 g/mol. The van der Waals surface area contributed by atoms with Crippen LogP contribution in [0.4, 0.5) is 29.2 Å². The number of nitrogens with zero attached hydrogens (tertiary/aromatic N) is 6. The molecule has 2 aromatic carbocycles. The fourth-order valence-electron chi connectivity index (χ4n) is 3.39. The van der Waals surface area contributed by atoms with Gasteiger partial charge in [0.1, 0.15) is 0 Å². The van der Waals surface area contributed by atoms with E-state index in [9.17, 15) is 10.1 Å². The lowest BCUT2D eigenvalue weighted by atomic mass is 10.2. The van der Waals surface area contributed by atoms with Crippen LogP contribution in [0.1, 0.15) is 5.56 Å². The second-order valence-corrected chi connectivity index (χ2v) is 8.27. The zero-order chi connectivity index (χ0) is 24.2. The number of fused-ring (bicyclic) bond motifs is 1. The normalized spacial score (nSPS) is 14.8. The van der Waals surface area contributed by atoms with Crippen LogP contribution in [0, 0.1) is 10.1 Å². The van der Waals surface area contributed by atoms with Crippen molar-refractivity contribution in [3.63, 3.8) is 0 Å². The molecular formula is C21H19BrN8O5. The number of hydrazone groups is 1. The quantitative estimate of drug-likeness (QED) is 0.257. The van der Waals surface area contributed by atoms with Crippen LogP contribution in [-0.4, -0.2) is 59.2 Å². The number of halogens is 1. The third-order valence-electron chi connectivity index (χ3n) is 5.09. The molecule has 0 spiro atoms. The minimum Gasteiger partial charge on any atom is -0.454 e. The van der Waals surface area contributed by atoms with Crippen molar-refractivity contribution in [3.8, 4) is 11.5 Å². The maximum Gasteiger partial charge on any atom is 0.271 e. The summed E-state index contributed by atoms with van der Waals surface area (Å²) in [6.07, 6.45) is 1.60. The summed E-state index contributed by atoms with van der Waals surface area (Å²) in [4.78, 5) is 25.9. The summed E-state index contributed by atoms with van der Waals surface area (Å²) in [6, 6.07) is 9.70. The topological polar surface area (TPSA) is 149 Å². The fraction of sp³-hybridized carbons (Fsp3) is 0.238. The number of nitrogens with one attached hydrogen (secondary N) is 2. The van der Waals surface area contributed by atoms with Crippen molar-refractivity contribution in [2.75, 3.05) is 48.7 Å². The first-order valence-corrected chi connectivity index (χ1v) is 11.3. The Morgan fingerprint density at radius 1 is 1.09 bits per heavy atom. The van der Waals surface area contributed by atoms with Crippen LogP contribution in [0.5, 0.6) is 11.5 Å². The van der Waals surface area contributed by atoms with E-state index in [-0.39, 0.29) is 24.4 Å². The molecule has 5 rings (SSSR count).